The number of carbonyl (C=O) groups excluding carboxylic acids is 2. The van der Waals surface area contributed by atoms with E-state index in [9.17, 15) is 9.59 Å². The van der Waals surface area contributed by atoms with Gasteiger partial charge in [0.25, 0.3) is 5.91 Å². The van der Waals surface area contributed by atoms with Crippen molar-refractivity contribution in [2.24, 2.45) is 0 Å². The lowest BCUT2D eigenvalue weighted by molar-refractivity contribution is -0.126. The van der Waals surface area contributed by atoms with Gasteiger partial charge in [-0.2, -0.15) is 0 Å². The van der Waals surface area contributed by atoms with Crippen LogP contribution in [0.5, 0.6) is 0 Å². The van der Waals surface area contributed by atoms with Gasteiger partial charge in [-0.05, 0) is 48.6 Å². The molecule has 158 valence electrons. The largest absolute Gasteiger partial charge is 0.351 e. The summed E-state index contributed by atoms with van der Waals surface area (Å²) in [6.45, 7) is 3.30. The van der Waals surface area contributed by atoms with Crippen molar-refractivity contribution in [2.75, 3.05) is 6.54 Å². The summed E-state index contributed by atoms with van der Waals surface area (Å²) in [5.41, 5.74) is 2.16. The second-order valence-corrected chi connectivity index (χ2v) is 8.92. The zero-order valence-corrected chi connectivity index (χ0v) is 18.3. The number of nitrogens with zero attached hydrogens (tertiary/aromatic N) is 1. The first kappa shape index (κ1) is 20.9. The molecule has 5 heteroatoms. The number of hydrogen-bond donors (Lipinski definition) is 1. The van der Waals surface area contributed by atoms with E-state index in [-0.39, 0.29) is 17.7 Å². The Balaban J connectivity index is 1.68. The van der Waals surface area contributed by atoms with E-state index in [0.717, 1.165) is 49.7 Å². The molecular weight excluding hydrogens is 396 g/mol. The highest BCUT2D eigenvalue weighted by Gasteiger charge is 2.55. The van der Waals surface area contributed by atoms with Gasteiger partial charge >= 0.3 is 0 Å². The standard InChI is InChI=1S/C25H29ClN2O2/c1-2-3-16-28-24(30)21-9-5-4-8-20(21)22(25(28)14-6-7-15-25)23(29)27-17-18-10-12-19(26)13-11-18/h4-5,8-13,22H,2-3,6-7,14-17H2,1H3,(H,27,29)/t22-/m1/s1. The maximum Gasteiger partial charge on any atom is 0.254 e. The van der Waals surface area contributed by atoms with Crippen molar-refractivity contribution in [2.45, 2.75) is 63.5 Å². The third kappa shape index (κ3) is 3.74. The van der Waals surface area contributed by atoms with Gasteiger partial charge in [0, 0.05) is 23.7 Å². The molecule has 0 bridgehead atoms. The normalized spacial score (nSPS) is 19.7. The Hall–Kier alpha value is -2.33. The molecule has 0 saturated heterocycles. The Morgan fingerprint density at radius 1 is 1.13 bits per heavy atom. The molecule has 1 aliphatic carbocycles. The molecule has 2 aromatic carbocycles. The lowest BCUT2D eigenvalue weighted by atomic mass is 9.71. The van der Waals surface area contributed by atoms with Crippen LogP contribution in [0.15, 0.2) is 48.5 Å². The Kier molecular flexibility index (Phi) is 6.14. The smallest absolute Gasteiger partial charge is 0.254 e. The van der Waals surface area contributed by atoms with E-state index in [4.69, 9.17) is 11.6 Å². The monoisotopic (exact) mass is 424 g/mol. The molecule has 2 aromatic rings. The van der Waals surface area contributed by atoms with Crippen LogP contribution in [0.3, 0.4) is 0 Å². The van der Waals surface area contributed by atoms with Gasteiger partial charge in [0.2, 0.25) is 5.91 Å². The average Bonchev–Trinajstić information content (AvgIpc) is 3.23. The van der Waals surface area contributed by atoms with E-state index in [1.54, 1.807) is 0 Å². The fraction of sp³-hybridized carbons (Fsp3) is 0.440. The van der Waals surface area contributed by atoms with Crippen LogP contribution >= 0.6 is 11.6 Å². The van der Waals surface area contributed by atoms with Crippen molar-refractivity contribution in [3.05, 3.63) is 70.2 Å². The van der Waals surface area contributed by atoms with Crippen molar-refractivity contribution < 1.29 is 9.59 Å². The number of halogens is 1. The van der Waals surface area contributed by atoms with Crippen LogP contribution in [-0.4, -0.2) is 28.8 Å². The zero-order valence-electron chi connectivity index (χ0n) is 17.5. The summed E-state index contributed by atoms with van der Waals surface area (Å²) in [5.74, 6) is -0.242. The van der Waals surface area contributed by atoms with Gasteiger partial charge in [-0.3, -0.25) is 9.59 Å². The summed E-state index contributed by atoms with van der Waals surface area (Å²) < 4.78 is 0. The second kappa shape index (κ2) is 8.81. The lowest BCUT2D eigenvalue weighted by Gasteiger charge is -2.50. The molecule has 0 radical (unpaired) electrons. The molecule has 1 N–H and O–H groups in total. The predicted molar refractivity (Wildman–Crippen MR) is 120 cm³/mol. The Morgan fingerprint density at radius 2 is 1.83 bits per heavy atom. The highest BCUT2D eigenvalue weighted by molar-refractivity contribution is 6.30. The maximum atomic E-state index is 13.6. The molecule has 1 spiro atoms. The Morgan fingerprint density at radius 3 is 2.53 bits per heavy atom. The first-order valence-corrected chi connectivity index (χ1v) is 11.4. The number of rotatable bonds is 6. The van der Waals surface area contributed by atoms with Gasteiger partial charge in [0.15, 0.2) is 0 Å². The molecule has 4 nitrogen and oxygen atoms in total. The van der Waals surface area contributed by atoms with Gasteiger partial charge in [-0.15, -0.1) is 0 Å². The van der Waals surface area contributed by atoms with Crippen molar-refractivity contribution in [3.8, 4) is 0 Å². The molecule has 0 aromatic heterocycles. The highest BCUT2D eigenvalue weighted by Crippen LogP contribution is 2.50. The van der Waals surface area contributed by atoms with Crippen LogP contribution in [0.25, 0.3) is 0 Å². The summed E-state index contributed by atoms with van der Waals surface area (Å²) in [6, 6.07) is 15.2. The van der Waals surface area contributed by atoms with Gasteiger partial charge < -0.3 is 10.2 Å². The molecule has 1 fully saturated rings. The zero-order chi connectivity index (χ0) is 21.1. The van der Waals surface area contributed by atoms with Gasteiger partial charge in [0.05, 0.1) is 11.5 Å². The first-order chi connectivity index (χ1) is 14.6. The minimum atomic E-state index is -0.412. The van der Waals surface area contributed by atoms with Crippen LogP contribution in [0.2, 0.25) is 5.02 Å². The number of hydrogen-bond acceptors (Lipinski definition) is 2. The van der Waals surface area contributed by atoms with Crippen LogP contribution < -0.4 is 5.32 Å². The third-order valence-electron chi connectivity index (χ3n) is 6.67. The number of nitrogens with one attached hydrogen (secondary N) is 1. The summed E-state index contributed by atoms with van der Waals surface area (Å²) in [4.78, 5) is 29.1. The van der Waals surface area contributed by atoms with E-state index >= 15 is 0 Å². The van der Waals surface area contributed by atoms with Crippen molar-refractivity contribution in [1.29, 1.82) is 0 Å². The summed E-state index contributed by atoms with van der Waals surface area (Å²) in [7, 11) is 0. The van der Waals surface area contributed by atoms with Crippen molar-refractivity contribution in [3.63, 3.8) is 0 Å². The summed E-state index contributed by atoms with van der Waals surface area (Å²) in [6.07, 6.45) is 5.85. The van der Waals surface area contributed by atoms with E-state index in [2.05, 4.69) is 12.2 Å². The highest BCUT2D eigenvalue weighted by atomic mass is 35.5. The molecule has 0 unspecified atom stereocenters. The van der Waals surface area contributed by atoms with E-state index < -0.39 is 5.54 Å². The van der Waals surface area contributed by atoms with Crippen molar-refractivity contribution >= 4 is 23.4 Å². The molecule has 4 rings (SSSR count). The van der Waals surface area contributed by atoms with Crippen molar-refractivity contribution in [1.82, 2.24) is 10.2 Å². The van der Waals surface area contributed by atoms with Crippen LogP contribution in [0.4, 0.5) is 0 Å². The quantitative estimate of drug-likeness (QED) is 0.683. The molecule has 1 atom stereocenters. The fourth-order valence-corrected chi connectivity index (χ4v) is 5.33. The number of fused-ring (bicyclic) bond motifs is 1. The molecular formula is C25H29ClN2O2. The molecule has 1 heterocycles. The molecule has 1 saturated carbocycles. The summed E-state index contributed by atoms with van der Waals surface area (Å²) >= 11 is 5.98. The van der Waals surface area contributed by atoms with Gasteiger partial charge in [-0.25, -0.2) is 0 Å². The van der Waals surface area contributed by atoms with E-state index in [1.807, 2.05) is 53.4 Å². The third-order valence-corrected chi connectivity index (χ3v) is 6.92. The molecule has 30 heavy (non-hydrogen) atoms. The number of carbonyl (C=O) groups is 2. The topological polar surface area (TPSA) is 49.4 Å². The number of amides is 2. The maximum absolute atomic E-state index is 13.6. The van der Waals surface area contributed by atoms with Crippen LogP contribution in [0, 0.1) is 0 Å². The first-order valence-electron chi connectivity index (χ1n) is 11.0. The van der Waals surface area contributed by atoms with E-state index in [1.165, 1.54) is 0 Å². The minimum absolute atomic E-state index is 0.00768. The molecule has 2 amide bonds. The predicted octanol–water partition coefficient (Wildman–Crippen LogP) is 5.31. The Bertz CT molecular complexity index is 919. The summed E-state index contributed by atoms with van der Waals surface area (Å²) in [5, 5.41) is 3.83. The molecule has 1 aliphatic heterocycles. The van der Waals surface area contributed by atoms with Gasteiger partial charge in [0.1, 0.15) is 0 Å². The Labute approximate surface area is 183 Å². The van der Waals surface area contributed by atoms with E-state index in [0.29, 0.717) is 23.7 Å². The molecule has 2 aliphatic rings. The average molecular weight is 425 g/mol. The van der Waals surface area contributed by atoms with Crippen LogP contribution in [-0.2, 0) is 11.3 Å². The second-order valence-electron chi connectivity index (χ2n) is 8.49. The van der Waals surface area contributed by atoms with Crippen LogP contribution in [0.1, 0.15) is 72.9 Å². The SMILES string of the molecule is CCCCN1C(=O)c2ccccc2[C@H](C(=O)NCc2ccc(Cl)cc2)C12CCCC2. The van der Waals surface area contributed by atoms with Gasteiger partial charge in [-0.1, -0.05) is 68.1 Å². The number of unbranched alkanes of at least 4 members (excludes halogenated alkanes) is 1. The number of benzene rings is 2. The fourth-order valence-electron chi connectivity index (χ4n) is 5.20. The lowest BCUT2D eigenvalue weighted by Crippen LogP contribution is -2.60. The minimum Gasteiger partial charge on any atom is -0.351 e.